The number of halogens is 2. The highest BCUT2D eigenvalue weighted by molar-refractivity contribution is 9.09. The van der Waals surface area contributed by atoms with Gasteiger partial charge in [0, 0.05) is 4.83 Å². The van der Waals surface area contributed by atoms with Crippen molar-refractivity contribution in [1.82, 2.24) is 0 Å². The van der Waals surface area contributed by atoms with E-state index in [-0.39, 0.29) is 5.82 Å². The summed E-state index contributed by atoms with van der Waals surface area (Å²) in [4.78, 5) is 0.381. The van der Waals surface area contributed by atoms with Gasteiger partial charge in [-0.25, -0.2) is 4.39 Å². The van der Waals surface area contributed by atoms with Crippen LogP contribution in [0.25, 0.3) is 0 Å². The van der Waals surface area contributed by atoms with Crippen LogP contribution in [0.15, 0.2) is 42.5 Å². The minimum Gasteiger partial charge on any atom is -0.207 e. The van der Waals surface area contributed by atoms with Crippen molar-refractivity contribution in [3.05, 3.63) is 70.5 Å². The first-order valence-electron chi connectivity index (χ1n) is 6.62. The molecule has 0 aromatic heterocycles. The number of benzene rings is 2. The lowest BCUT2D eigenvalue weighted by Crippen LogP contribution is -2.08. The molecule has 98 valence electrons. The van der Waals surface area contributed by atoms with Crippen molar-refractivity contribution in [3.8, 4) is 0 Å². The van der Waals surface area contributed by atoms with Crippen LogP contribution in [-0.4, -0.2) is 0 Å². The van der Waals surface area contributed by atoms with Crippen molar-refractivity contribution < 1.29 is 4.39 Å². The van der Waals surface area contributed by atoms with Crippen molar-refractivity contribution in [3.63, 3.8) is 0 Å². The predicted molar refractivity (Wildman–Crippen MR) is 80.1 cm³/mol. The molecule has 0 saturated heterocycles. The van der Waals surface area contributed by atoms with Crippen LogP contribution in [0.2, 0.25) is 0 Å². The first kappa shape index (κ1) is 12.9. The largest absolute Gasteiger partial charge is 0.207 e. The van der Waals surface area contributed by atoms with Crippen molar-refractivity contribution in [2.45, 2.75) is 24.6 Å². The molecule has 0 aliphatic heterocycles. The highest BCUT2D eigenvalue weighted by atomic mass is 79.9. The monoisotopic (exact) mass is 318 g/mol. The van der Waals surface area contributed by atoms with Crippen LogP contribution in [0, 0.1) is 18.7 Å². The molecular weight excluding hydrogens is 303 g/mol. The summed E-state index contributed by atoms with van der Waals surface area (Å²) < 4.78 is 13.4. The molecule has 2 atom stereocenters. The Balaban J connectivity index is 1.85. The molecule has 0 amide bonds. The zero-order chi connectivity index (χ0) is 13.4. The van der Waals surface area contributed by atoms with Crippen molar-refractivity contribution in [2.24, 2.45) is 5.92 Å². The van der Waals surface area contributed by atoms with Gasteiger partial charge < -0.3 is 0 Å². The van der Waals surface area contributed by atoms with Gasteiger partial charge in [-0.1, -0.05) is 46.3 Å². The maximum atomic E-state index is 13.4. The van der Waals surface area contributed by atoms with Crippen LogP contribution in [0.5, 0.6) is 0 Å². The van der Waals surface area contributed by atoms with Crippen molar-refractivity contribution in [1.29, 1.82) is 0 Å². The summed E-state index contributed by atoms with van der Waals surface area (Å²) in [6.07, 6.45) is 2.00. The molecule has 19 heavy (non-hydrogen) atoms. The molecule has 2 aromatic rings. The van der Waals surface area contributed by atoms with E-state index in [0.717, 1.165) is 18.4 Å². The minimum atomic E-state index is -0.137. The van der Waals surface area contributed by atoms with E-state index in [4.69, 9.17) is 0 Å². The maximum Gasteiger partial charge on any atom is 0.123 e. The Hall–Kier alpha value is -1.15. The van der Waals surface area contributed by atoms with Gasteiger partial charge in [0.1, 0.15) is 5.82 Å². The molecule has 0 N–H and O–H groups in total. The van der Waals surface area contributed by atoms with E-state index in [9.17, 15) is 4.39 Å². The molecule has 0 heterocycles. The Kier molecular flexibility index (Phi) is 3.44. The highest BCUT2D eigenvalue weighted by Crippen LogP contribution is 2.43. The molecule has 2 heteroatoms. The Bertz CT molecular complexity index is 606. The number of aryl methyl sites for hydroxylation is 1. The van der Waals surface area contributed by atoms with Gasteiger partial charge in [-0.05, 0) is 60.1 Å². The number of fused-ring (bicyclic) bond motifs is 1. The molecule has 0 saturated carbocycles. The topological polar surface area (TPSA) is 0 Å². The number of rotatable bonds is 2. The first-order valence-corrected chi connectivity index (χ1v) is 7.53. The lowest BCUT2D eigenvalue weighted by Gasteiger charge is -2.16. The summed E-state index contributed by atoms with van der Waals surface area (Å²) in [5.41, 5.74) is 5.12. The Morgan fingerprint density at radius 2 is 2.00 bits per heavy atom. The van der Waals surface area contributed by atoms with Gasteiger partial charge in [-0.3, -0.25) is 0 Å². The number of hydrogen-bond acceptors (Lipinski definition) is 0. The van der Waals surface area contributed by atoms with E-state index in [1.54, 1.807) is 6.07 Å². The van der Waals surface area contributed by atoms with Crippen molar-refractivity contribution in [2.75, 3.05) is 0 Å². The average Bonchev–Trinajstić information content (AvgIpc) is 2.72. The van der Waals surface area contributed by atoms with Gasteiger partial charge >= 0.3 is 0 Å². The van der Waals surface area contributed by atoms with Gasteiger partial charge in [0.2, 0.25) is 0 Å². The van der Waals surface area contributed by atoms with Crippen LogP contribution >= 0.6 is 15.9 Å². The van der Waals surface area contributed by atoms with Gasteiger partial charge in [0.05, 0.1) is 0 Å². The third-order valence-electron chi connectivity index (χ3n) is 4.04. The van der Waals surface area contributed by atoms with Crippen LogP contribution in [0.4, 0.5) is 4.39 Å². The fourth-order valence-corrected chi connectivity index (χ4v) is 3.77. The number of hydrogen-bond donors (Lipinski definition) is 0. The highest BCUT2D eigenvalue weighted by Gasteiger charge is 2.30. The molecule has 0 spiro atoms. The number of alkyl halides is 1. The normalized spacial score (nSPS) is 21.4. The van der Waals surface area contributed by atoms with E-state index in [1.807, 2.05) is 6.07 Å². The summed E-state index contributed by atoms with van der Waals surface area (Å²) in [5.74, 6) is 0.375. The summed E-state index contributed by atoms with van der Waals surface area (Å²) in [5, 5.41) is 0. The Morgan fingerprint density at radius 1 is 1.21 bits per heavy atom. The van der Waals surface area contributed by atoms with Gasteiger partial charge in [0.25, 0.3) is 0 Å². The summed E-state index contributed by atoms with van der Waals surface area (Å²) in [7, 11) is 0. The molecule has 3 rings (SSSR count). The third-order valence-corrected chi connectivity index (χ3v) is 5.28. The lowest BCUT2D eigenvalue weighted by molar-refractivity contribution is 0.549. The minimum absolute atomic E-state index is 0.137. The molecule has 1 aliphatic rings. The maximum absolute atomic E-state index is 13.4. The molecular formula is C17H16BrF. The van der Waals surface area contributed by atoms with E-state index >= 15 is 0 Å². The smallest absolute Gasteiger partial charge is 0.123 e. The van der Waals surface area contributed by atoms with Crippen molar-refractivity contribution >= 4 is 15.9 Å². The second-order valence-electron chi connectivity index (χ2n) is 5.34. The molecule has 0 bridgehead atoms. The van der Waals surface area contributed by atoms with Crippen LogP contribution in [-0.2, 0) is 12.8 Å². The van der Waals surface area contributed by atoms with E-state index < -0.39 is 0 Å². The third kappa shape index (κ3) is 2.46. The molecule has 2 unspecified atom stereocenters. The van der Waals surface area contributed by atoms with Crippen LogP contribution in [0.1, 0.15) is 27.1 Å². The lowest BCUT2D eigenvalue weighted by atomic mass is 9.94. The van der Waals surface area contributed by atoms with Gasteiger partial charge in [0.15, 0.2) is 0 Å². The molecule has 0 fully saturated rings. The molecule has 0 nitrogen and oxygen atoms in total. The predicted octanol–water partition coefficient (Wildman–Crippen LogP) is 4.99. The summed E-state index contributed by atoms with van der Waals surface area (Å²) >= 11 is 3.81. The fraction of sp³-hybridized carbons (Fsp3) is 0.294. The quantitative estimate of drug-likeness (QED) is 0.685. The fourth-order valence-electron chi connectivity index (χ4n) is 2.95. The van der Waals surface area contributed by atoms with Gasteiger partial charge in [-0.15, -0.1) is 0 Å². The van der Waals surface area contributed by atoms with E-state index in [0.29, 0.717) is 10.7 Å². The van der Waals surface area contributed by atoms with E-state index in [2.05, 4.69) is 47.1 Å². The zero-order valence-corrected chi connectivity index (χ0v) is 12.5. The zero-order valence-electron chi connectivity index (χ0n) is 10.9. The summed E-state index contributed by atoms with van der Waals surface area (Å²) in [6.45, 7) is 2.06. The van der Waals surface area contributed by atoms with Crippen LogP contribution in [0.3, 0.4) is 0 Å². The van der Waals surface area contributed by atoms with Gasteiger partial charge in [-0.2, -0.15) is 0 Å². The Morgan fingerprint density at radius 3 is 2.79 bits per heavy atom. The molecule has 0 radical (unpaired) electrons. The first-order chi connectivity index (χ1) is 9.15. The molecule has 1 aliphatic carbocycles. The SMILES string of the molecule is Cc1ccc(F)cc1CC1Cc2ccccc2C1Br. The second-order valence-corrected chi connectivity index (χ2v) is 6.33. The molecule has 2 aromatic carbocycles. The standard InChI is InChI=1S/C17H16BrF/c1-11-6-7-15(19)10-13(11)9-14-8-12-4-2-3-5-16(12)17(14)18/h2-7,10,14,17H,8-9H2,1H3. The second kappa shape index (κ2) is 5.09. The average molecular weight is 319 g/mol. The van der Waals surface area contributed by atoms with E-state index in [1.165, 1.54) is 22.8 Å². The van der Waals surface area contributed by atoms with Crippen LogP contribution < -0.4 is 0 Å². The summed E-state index contributed by atoms with van der Waals surface area (Å²) in [6, 6.07) is 13.6. The Labute approximate surface area is 121 Å².